The van der Waals surface area contributed by atoms with Crippen molar-refractivity contribution in [2.24, 2.45) is 0 Å². The smallest absolute Gasteiger partial charge is 0.274 e. The Bertz CT molecular complexity index is 619. The summed E-state index contributed by atoms with van der Waals surface area (Å²) < 4.78 is 6.83. The number of nitrogens with zero attached hydrogens (tertiary/aromatic N) is 4. The molecule has 0 saturated carbocycles. The van der Waals surface area contributed by atoms with Crippen molar-refractivity contribution in [2.45, 2.75) is 46.4 Å². The fourth-order valence-corrected chi connectivity index (χ4v) is 2.10. The quantitative estimate of drug-likeness (QED) is 0.822. The van der Waals surface area contributed by atoms with E-state index in [2.05, 4.69) is 27.6 Å². The second-order valence-electron chi connectivity index (χ2n) is 4.80. The van der Waals surface area contributed by atoms with Crippen molar-refractivity contribution < 1.29 is 14.4 Å². The van der Waals surface area contributed by atoms with E-state index in [-0.39, 0.29) is 18.3 Å². The molecule has 2 heterocycles. The Balaban J connectivity index is 2.13. The highest BCUT2D eigenvalue weighted by Crippen LogP contribution is 2.15. The van der Waals surface area contributed by atoms with Crippen molar-refractivity contribution in [3.05, 3.63) is 29.2 Å². The number of carbonyl (C=O) groups is 1. The van der Waals surface area contributed by atoms with Gasteiger partial charge in [-0.15, -0.1) is 10.2 Å². The minimum absolute atomic E-state index is 0.100. The number of aromatic nitrogens is 4. The number of aliphatic hydroxyl groups excluding tert-OH is 1. The molecule has 1 amide bonds. The van der Waals surface area contributed by atoms with Crippen LogP contribution >= 0.6 is 0 Å². The van der Waals surface area contributed by atoms with Gasteiger partial charge in [0.1, 0.15) is 12.1 Å². The summed E-state index contributed by atoms with van der Waals surface area (Å²) >= 11 is 0. The van der Waals surface area contributed by atoms with E-state index in [0.29, 0.717) is 17.1 Å². The minimum atomic E-state index is -0.408. The van der Waals surface area contributed by atoms with Gasteiger partial charge in [-0.05, 0) is 20.3 Å². The maximum Gasteiger partial charge on any atom is 0.274 e. The maximum atomic E-state index is 12.2. The molecular weight excluding hydrogens is 274 g/mol. The van der Waals surface area contributed by atoms with Crippen LogP contribution in [0.1, 0.15) is 53.9 Å². The van der Waals surface area contributed by atoms with Crippen molar-refractivity contribution in [3.8, 4) is 0 Å². The zero-order valence-corrected chi connectivity index (χ0v) is 12.3. The van der Waals surface area contributed by atoms with Crippen LogP contribution in [-0.4, -0.2) is 30.9 Å². The van der Waals surface area contributed by atoms with E-state index in [1.54, 1.807) is 13.3 Å². The topological polar surface area (TPSA) is 106 Å². The lowest BCUT2D eigenvalue weighted by molar-refractivity contribution is 0.0925. The highest BCUT2D eigenvalue weighted by atomic mass is 16.5. The largest absolute Gasteiger partial charge is 0.391 e. The number of hydrogen-bond acceptors (Lipinski definition) is 6. The van der Waals surface area contributed by atoms with Crippen LogP contribution in [0.3, 0.4) is 0 Å². The van der Waals surface area contributed by atoms with Gasteiger partial charge in [0.2, 0.25) is 0 Å². The van der Waals surface area contributed by atoms with E-state index in [4.69, 9.17) is 4.52 Å². The molecule has 0 spiro atoms. The van der Waals surface area contributed by atoms with Gasteiger partial charge >= 0.3 is 0 Å². The van der Waals surface area contributed by atoms with Crippen LogP contribution in [0.5, 0.6) is 0 Å². The standard InChI is InChI=1S/C13H19N5O3/c1-4-5-18-7-14-16-12(18)8(2)15-13(20)11-10(6-19)9(3)21-17-11/h7-8,19H,4-6H2,1-3H3,(H,15,20). The molecule has 0 bridgehead atoms. The van der Waals surface area contributed by atoms with E-state index >= 15 is 0 Å². The van der Waals surface area contributed by atoms with Crippen LogP contribution in [0.25, 0.3) is 0 Å². The van der Waals surface area contributed by atoms with Gasteiger partial charge in [-0.2, -0.15) is 0 Å². The predicted octanol–water partition coefficient (Wildman–Crippen LogP) is 0.968. The van der Waals surface area contributed by atoms with Gasteiger partial charge < -0.3 is 19.5 Å². The molecule has 0 fully saturated rings. The summed E-state index contributed by atoms with van der Waals surface area (Å²) in [7, 11) is 0. The molecule has 0 aliphatic rings. The van der Waals surface area contributed by atoms with Crippen LogP contribution in [-0.2, 0) is 13.2 Å². The first-order valence-corrected chi connectivity index (χ1v) is 6.83. The van der Waals surface area contributed by atoms with Gasteiger partial charge in [0.25, 0.3) is 5.91 Å². The molecule has 1 atom stereocenters. The molecule has 0 aromatic carbocycles. The summed E-state index contributed by atoms with van der Waals surface area (Å²) in [5, 5.41) is 23.6. The number of aryl methyl sites for hydroxylation is 2. The Morgan fingerprint density at radius 3 is 3.00 bits per heavy atom. The lowest BCUT2D eigenvalue weighted by Crippen LogP contribution is -2.29. The van der Waals surface area contributed by atoms with Crippen molar-refractivity contribution in [1.82, 2.24) is 25.2 Å². The van der Waals surface area contributed by atoms with E-state index in [1.165, 1.54) is 0 Å². The van der Waals surface area contributed by atoms with Crippen molar-refractivity contribution in [3.63, 3.8) is 0 Å². The minimum Gasteiger partial charge on any atom is -0.391 e. The van der Waals surface area contributed by atoms with Crippen molar-refractivity contribution in [2.75, 3.05) is 0 Å². The van der Waals surface area contributed by atoms with Crippen LogP contribution in [0.2, 0.25) is 0 Å². The molecule has 8 heteroatoms. The highest BCUT2D eigenvalue weighted by Gasteiger charge is 2.22. The average Bonchev–Trinajstić information content (AvgIpc) is 3.05. The number of amides is 1. The molecule has 0 radical (unpaired) electrons. The first-order chi connectivity index (χ1) is 10.1. The third-order valence-corrected chi connectivity index (χ3v) is 3.20. The third-order valence-electron chi connectivity index (χ3n) is 3.20. The van der Waals surface area contributed by atoms with Crippen LogP contribution < -0.4 is 5.32 Å². The Morgan fingerprint density at radius 1 is 1.57 bits per heavy atom. The molecule has 2 rings (SSSR count). The molecule has 0 saturated heterocycles. The Kier molecular flexibility index (Phi) is 4.69. The van der Waals surface area contributed by atoms with Gasteiger partial charge in [0.05, 0.1) is 18.2 Å². The number of aliphatic hydroxyl groups is 1. The molecule has 2 aromatic rings. The normalized spacial score (nSPS) is 12.4. The maximum absolute atomic E-state index is 12.2. The Morgan fingerprint density at radius 2 is 2.33 bits per heavy atom. The van der Waals surface area contributed by atoms with Crippen molar-refractivity contribution in [1.29, 1.82) is 0 Å². The molecule has 2 aromatic heterocycles. The summed E-state index contributed by atoms with van der Waals surface area (Å²) in [5.41, 5.74) is 0.498. The molecule has 2 N–H and O–H groups in total. The fourth-order valence-electron chi connectivity index (χ4n) is 2.10. The summed E-state index contributed by atoms with van der Waals surface area (Å²) in [6.07, 6.45) is 2.59. The number of nitrogens with one attached hydrogen (secondary N) is 1. The Hall–Kier alpha value is -2.22. The van der Waals surface area contributed by atoms with Gasteiger partial charge in [-0.1, -0.05) is 12.1 Å². The second-order valence-corrected chi connectivity index (χ2v) is 4.80. The third kappa shape index (κ3) is 3.10. The summed E-state index contributed by atoms with van der Waals surface area (Å²) in [5.74, 6) is 0.704. The first kappa shape index (κ1) is 15.2. The molecule has 21 heavy (non-hydrogen) atoms. The SMILES string of the molecule is CCCn1cnnc1C(C)NC(=O)c1noc(C)c1CO. The predicted molar refractivity (Wildman–Crippen MR) is 73.4 cm³/mol. The van der Waals surface area contributed by atoms with Gasteiger partial charge in [0.15, 0.2) is 11.5 Å². The van der Waals surface area contributed by atoms with Gasteiger partial charge in [-0.25, -0.2) is 0 Å². The summed E-state index contributed by atoms with van der Waals surface area (Å²) in [4.78, 5) is 12.2. The van der Waals surface area contributed by atoms with E-state index in [1.807, 2.05) is 11.5 Å². The lowest BCUT2D eigenvalue weighted by Gasteiger charge is -2.13. The molecule has 1 unspecified atom stereocenters. The zero-order valence-electron chi connectivity index (χ0n) is 12.3. The number of rotatable bonds is 6. The fraction of sp³-hybridized carbons (Fsp3) is 0.538. The molecule has 114 valence electrons. The van der Waals surface area contributed by atoms with Crippen LogP contribution in [0, 0.1) is 6.92 Å². The zero-order chi connectivity index (χ0) is 15.4. The van der Waals surface area contributed by atoms with Crippen molar-refractivity contribution >= 4 is 5.91 Å². The van der Waals surface area contributed by atoms with Crippen LogP contribution in [0.15, 0.2) is 10.9 Å². The Labute approximate surface area is 122 Å². The van der Waals surface area contributed by atoms with E-state index in [0.717, 1.165) is 13.0 Å². The van der Waals surface area contributed by atoms with Gasteiger partial charge in [0, 0.05) is 6.54 Å². The van der Waals surface area contributed by atoms with E-state index in [9.17, 15) is 9.90 Å². The molecular formula is C13H19N5O3. The van der Waals surface area contributed by atoms with Gasteiger partial charge in [-0.3, -0.25) is 4.79 Å². The highest BCUT2D eigenvalue weighted by molar-refractivity contribution is 5.93. The number of hydrogen-bond donors (Lipinski definition) is 2. The number of carbonyl (C=O) groups excluding carboxylic acids is 1. The molecule has 0 aliphatic heterocycles. The first-order valence-electron chi connectivity index (χ1n) is 6.83. The lowest BCUT2D eigenvalue weighted by atomic mass is 10.2. The van der Waals surface area contributed by atoms with E-state index < -0.39 is 5.91 Å². The van der Waals surface area contributed by atoms with Crippen LogP contribution in [0.4, 0.5) is 0 Å². The summed E-state index contributed by atoms with van der Waals surface area (Å²) in [6.45, 7) is 6.01. The monoisotopic (exact) mass is 293 g/mol. The summed E-state index contributed by atoms with van der Waals surface area (Å²) in [6, 6.07) is -0.324. The second kappa shape index (κ2) is 6.49. The average molecular weight is 293 g/mol. The molecule has 0 aliphatic carbocycles. The molecule has 8 nitrogen and oxygen atoms in total.